The molecule has 21 heavy (non-hydrogen) atoms. The molecule has 2 N–H and O–H groups in total. The Balaban J connectivity index is 2.05. The Morgan fingerprint density at radius 1 is 1.00 bits per heavy atom. The van der Waals surface area contributed by atoms with E-state index in [0.29, 0.717) is 11.1 Å². The molecular formula is C16H14BrNO3. The van der Waals surface area contributed by atoms with Crippen LogP contribution in [0, 0.1) is 6.92 Å². The Morgan fingerprint density at radius 3 is 2.10 bits per heavy atom. The molecule has 0 bridgehead atoms. The van der Waals surface area contributed by atoms with E-state index in [-0.39, 0.29) is 0 Å². The number of aliphatic hydroxyl groups excluding tert-OH is 1. The maximum atomic E-state index is 12.0. The molecule has 108 valence electrons. The van der Waals surface area contributed by atoms with E-state index in [9.17, 15) is 14.7 Å². The van der Waals surface area contributed by atoms with Gasteiger partial charge in [0.25, 0.3) is 5.91 Å². The van der Waals surface area contributed by atoms with E-state index in [1.807, 2.05) is 6.92 Å². The van der Waals surface area contributed by atoms with Crippen molar-refractivity contribution in [3.8, 4) is 0 Å². The number of carbonyl (C=O) groups is 2. The molecule has 2 aromatic carbocycles. The number of amides is 1. The molecule has 0 radical (unpaired) electrons. The fraction of sp³-hybridized carbons (Fsp3) is 0.125. The number of benzene rings is 2. The first-order chi connectivity index (χ1) is 9.97. The fourth-order valence-corrected chi connectivity index (χ4v) is 2.01. The normalized spacial score (nSPS) is 11.8. The van der Waals surface area contributed by atoms with Gasteiger partial charge in [0.1, 0.15) is 0 Å². The second kappa shape index (κ2) is 6.65. The van der Waals surface area contributed by atoms with Gasteiger partial charge in [-0.3, -0.25) is 9.59 Å². The van der Waals surface area contributed by atoms with Crippen molar-refractivity contribution in [2.45, 2.75) is 13.2 Å². The average Bonchev–Trinajstić information content (AvgIpc) is 2.47. The molecule has 0 aliphatic heterocycles. The minimum absolute atomic E-state index is 0.351. The van der Waals surface area contributed by atoms with Gasteiger partial charge < -0.3 is 10.4 Å². The van der Waals surface area contributed by atoms with E-state index in [1.165, 1.54) is 0 Å². The molecule has 1 atom stereocenters. The number of halogens is 1. The first-order valence-electron chi connectivity index (χ1n) is 6.33. The van der Waals surface area contributed by atoms with Gasteiger partial charge in [0.2, 0.25) is 5.78 Å². The number of rotatable bonds is 4. The standard InChI is InChI=1S/C16H14BrNO3/c1-10-2-4-11(5-3-10)14(19)16(21)18-15(20)12-6-8-13(17)9-7-12/h2-9,16,21H,1H3,(H,18,20)/t16-/m0/s1. The molecule has 1 amide bonds. The number of Topliss-reactive ketones (excluding diaryl/α,β-unsaturated/α-hetero) is 1. The summed E-state index contributed by atoms with van der Waals surface area (Å²) in [4.78, 5) is 23.9. The molecule has 2 aromatic rings. The number of aryl methyl sites for hydroxylation is 1. The molecule has 4 nitrogen and oxygen atoms in total. The van der Waals surface area contributed by atoms with Gasteiger partial charge in [-0.05, 0) is 31.2 Å². The van der Waals surface area contributed by atoms with Crippen molar-refractivity contribution in [3.63, 3.8) is 0 Å². The van der Waals surface area contributed by atoms with E-state index in [2.05, 4.69) is 21.2 Å². The van der Waals surface area contributed by atoms with Crippen molar-refractivity contribution in [2.75, 3.05) is 0 Å². The van der Waals surface area contributed by atoms with E-state index in [0.717, 1.165) is 10.0 Å². The first kappa shape index (κ1) is 15.4. The van der Waals surface area contributed by atoms with Crippen LogP contribution in [0.4, 0.5) is 0 Å². The Bertz CT molecular complexity index is 650. The highest BCUT2D eigenvalue weighted by Gasteiger charge is 2.19. The molecule has 0 aromatic heterocycles. The monoisotopic (exact) mass is 347 g/mol. The van der Waals surface area contributed by atoms with Gasteiger partial charge in [-0.25, -0.2) is 0 Å². The number of ketones is 1. The van der Waals surface area contributed by atoms with Gasteiger partial charge in [-0.15, -0.1) is 0 Å². The zero-order valence-electron chi connectivity index (χ0n) is 11.3. The van der Waals surface area contributed by atoms with Gasteiger partial charge in [0.15, 0.2) is 6.23 Å². The van der Waals surface area contributed by atoms with Gasteiger partial charge in [0.05, 0.1) is 0 Å². The summed E-state index contributed by atoms with van der Waals surface area (Å²) in [6, 6.07) is 13.4. The summed E-state index contributed by atoms with van der Waals surface area (Å²) >= 11 is 3.27. The molecule has 0 saturated carbocycles. The maximum Gasteiger partial charge on any atom is 0.253 e. The lowest BCUT2D eigenvalue weighted by Gasteiger charge is -2.12. The van der Waals surface area contributed by atoms with Crippen LogP contribution in [-0.2, 0) is 0 Å². The van der Waals surface area contributed by atoms with E-state index in [4.69, 9.17) is 0 Å². The number of aliphatic hydroxyl groups is 1. The van der Waals surface area contributed by atoms with Crippen molar-refractivity contribution >= 4 is 27.6 Å². The van der Waals surface area contributed by atoms with Crippen LogP contribution in [-0.4, -0.2) is 23.0 Å². The van der Waals surface area contributed by atoms with E-state index in [1.54, 1.807) is 48.5 Å². The van der Waals surface area contributed by atoms with Crippen LogP contribution in [0.3, 0.4) is 0 Å². The molecule has 2 rings (SSSR count). The molecule has 0 aliphatic rings. The molecule has 0 fully saturated rings. The third kappa shape index (κ3) is 4.00. The highest BCUT2D eigenvalue weighted by Crippen LogP contribution is 2.11. The van der Waals surface area contributed by atoms with Crippen molar-refractivity contribution in [1.82, 2.24) is 5.32 Å². The lowest BCUT2D eigenvalue weighted by molar-refractivity contribution is 0.0607. The zero-order valence-corrected chi connectivity index (χ0v) is 12.9. The van der Waals surface area contributed by atoms with Gasteiger partial charge in [-0.1, -0.05) is 45.8 Å². The lowest BCUT2D eigenvalue weighted by atomic mass is 10.1. The second-order valence-corrected chi connectivity index (χ2v) is 5.53. The van der Waals surface area contributed by atoms with Crippen LogP contribution < -0.4 is 5.32 Å². The summed E-state index contributed by atoms with van der Waals surface area (Å²) in [6.45, 7) is 1.90. The highest BCUT2D eigenvalue weighted by molar-refractivity contribution is 9.10. The minimum Gasteiger partial charge on any atom is -0.367 e. The van der Waals surface area contributed by atoms with Gasteiger partial charge >= 0.3 is 0 Å². The van der Waals surface area contributed by atoms with Crippen LogP contribution in [0.1, 0.15) is 26.3 Å². The van der Waals surface area contributed by atoms with Crippen molar-refractivity contribution < 1.29 is 14.7 Å². The number of carbonyl (C=O) groups excluding carboxylic acids is 2. The van der Waals surface area contributed by atoms with Crippen LogP contribution in [0.2, 0.25) is 0 Å². The largest absolute Gasteiger partial charge is 0.367 e. The Hall–Kier alpha value is -1.98. The van der Waals surface area contributed by atoms with Gasteiger partial charge in [0, 0.05) is 15.6 Å². The second-order valence-electron chi connectivity index (χ2n) is 4.61. The Labute approximate surface area is 130 Å². The van der Waals surface area contributed by atoms with Crippen LogP contribution in [0.25, 0.3) is 0 Å². The highest BCUT2D eigenvalue weighted by atomic mass is 79.9. The quantitative estimate of drug-likeness (QED) is 0.660. The third-order valence-electron chi connectivity index (χ3n) is 2.96. The lowest BCUT2D eigenvalue weighted by Crippen LogP contribution is -2.40. The number of hydrogen-bond donors (Lipinski definition) is 2. The van der Waals surface area contributed by atoms with E-state index >= 15 is 0 Å². The number of hydrogen-bond acceptors (Lipinski definition) is 3. The topological polar surface area (TPSA) is 66.4 Å². The summed E-state index contributed by atoms with van der Waals surface area (Å²) in [5.41, 5.74) is 1.73. The first-order valence-corrected chi connectivity index (χ1v) is 7.12. The van der Waals surface area contributed by atoms with Crippen LogP contribution in [0.15, 0.2) is 53.0 Å². The summed E-state index contributed by atoms with van der Waals surface area (Å²) in [5, 5.41) is 12.1. The Morgan fingerprint density at radius 2 is 1.52 bits per heavy atom. The zero-order chi connectivity index (χ0) is 15.4. The van der Waals surface area contributed by atoms with Crippen molar-refractivity contribution in [3.05, 3.63) is 69.7 Å². The number of nitrogens with one attached hydrogen (secondary N) is 1. The average molecular weight is 348 g/mol. The van der Waals surface area contributed by atoms with Crippen molar-refractivity contribution in [2.24, 2.45) is 0 Å². The molecule has 0 spiro atoms. The molecule has 0 aliphatic carbocycles. The summed E-state index contributed by atoms with van der Waals surface area (Å²) in [7, 11) is 0. The van der Waals surface area contributed by atoms with Crippen LogP contribution >= 0.6 is 15.9 Å². The SMILES string of the molecule is Cc1ccc(C(=O)[C@H](O)NC(=O)c2ccc(Br)cc2)cc1. The fourth-order valence-electron chi connectivity index (χ4n) is 1.75. The molecular weight excluding hydrogens is 334 g/mol. The summed E-state index contributed by atoms with van der Waals surface area (Å²) < 4.78 is 0.843. The Kier molecular flexibility index (Phi) is 4.88. The molecule has 0 saturated heterocycles. The third-order valence-corrected chi connectivity index (χ3v) is 3.49. The van der Waals surface area contributed by atoms with Gasteiger partial charge in [-0.2, -0.15) is 0 Å². The smallest absolute Gasteiger partial charge is 0.253 e. The predicted octanol–water partition coefficient (Wildman–Crippen LogP) is 2.69. The van der Waals surface area contributed by atoms with Crippen molar-refractivity contribution in [1.29, 1.82) is 0 Å². The minimum atomic E-state index is -1.57. The summed E-state index contributed by atoms with van der Waals surface area (Å²) in [6.07, 6.45) is -1.57. The summed E-state index contributed by atoms with van der Waals surface area (Å²) in [5.74, 6) is -1.05. The van der Waals surface area contributed by atoms with E-state index < -0.39 is 17.9 Å². The molecule has 0 heterocycles. The molecule has 0 unspecified atom stereocenters. The molecule has 5 heteroatoms. The maximum absolute atomic E-state index is 12.0. The van der Waals surface area contributed by atoms with Crippen LogP contribution in [0.5, 0.6) is 0 Å². The predicted molar refractivity (Wildman–Crippen MR) is 83.1 cm³/mol.